The molecule has 28 heavy (non-hydrogen) atoms. The van der Waals surface area contributed by atoms with Gasteiger partial charge in [0.25, 0.3) is 0 Å². The van der Waals surface area contributed by atoms with Crippen LogP contribution in [0, 0.1) is 41.4 Å². The van der Waals surface area contributed by atoms with Gasteiger partial charge in [0.05, 0.1) is 5.92 Å². The first-order valence-corrected chi connectivity index (χ1v) is 12.0. The second kappa shape index (κ2) is 7.02. The van der Waals surface area contributed by atoms with Gasteiger partial charge in [0.2, 0.25) is 0 Å². The summed E-state index contributed by atoms with van der Waals surface area (Å²) in [6.07, 6.45) is 11.8. The van der Waals surface area contributed by atoms with Crippen LogP contribution in [0.25, 0.3) is 0 Å². The molecule has 8 unspecified atom stereocenters. The normalized spacial score (nSPS) is 45.1. The van der Waals surface area contributed by atoms with Gasteiger partial charge in [0.15, 0.2) is 0 Å². The van der Waals surface area contributed by atoms with Gasteiger partial charge < -0.3 is 9.47 Å². The summed E-state index contributed by atoms with van der Waals surface area (Å²) in [6.45, 7) is 4.05. The Balaban J connectivity index is 1.28. The summed E-state index contributed by atoms with van der Waals surface area (Å²) >= 11 is 0. The number of carbonyl (C=O) groups is 2. The lowest BCUT2D eigenvalue weighted by Crippen LogP contribution is -2.44. The molecule has 4 bridgehead atoms. The molecule has 0 radical (unpaired) electrons. The molecule has 5 saturated carbocycles. The zero-order valence-electron chi connectivity index (χ0n) is 17.5. The Bertz CT molecular complexity index is 637. The van der Waals surface area contributed by atoms with E-state index in [-0.39, 0.29) is 29.6 Å². The molecule has 5 aliphatic rings. The fraction of sp³-hybridized carbons (Fsp3) is 0.917. The van der Waals surface area contributed by atoms with Crippen LogP contribution in [0.5, 0.6) is 0 Å². The van der Waals surface area contributed by atoms with Gasteiger partial charge in [-0.2, -0.15) is 0 Å². The number of rotatable bonds is 5. The average Bonchev–Trinajstić information content (AvgIpc) is 3.47. The van der Waals surface area contributed by atoms with E-state index in [9.17, 15) is 9.59 Å². The summed E-state index contributed by atoms with van der Waals surface area (Å²) in [5.74, 6) is 3.89. The van der Waals surface area contributed by atoms with E-state index in [0.29, 0.717) is 30.1 Å². The molecule has 0 aliphatic heterocycles. The maximum atomic E-state index is 13.3. The molecule has 0 amide bonds. The highest BCUT2D eigenvalue weighted by Crippen LogP contribution is 2.69. The number of fused-ring (bicyclic) bond motifs is 9. The first kappa shape index (κ1) is 18.9. The van der Waals surface area contributed by atoms with Crippen LogP contribution in [-0.2, 0) is 19.1 Å². The molecule has 0 N–H and O–H groups in total. The molecular formula is C24H36O4. The van der Waals surface area contributed by atoms with E-state index in [1.807, 2.05) is 6.92 Å². The molecule has 0 spiro atoms. The molecule has 8 atom stereocenters. The van der Waals surface area contributed by atoms with Crippen molar-refractivity contribution in [2.75, 3.05) is 0 Å². The van der Waals surface area contributed by atoms with E-state index >= 15 is 0 Å². The van der Waals surface area contributed by atoms with E-state index in [1.54, 1.807) is 0 Å². The predicted octanol–water partition coefficient (Wildman–Crippen LogP) is 4.89. The third-order valence-electron chi connectivity index (χ3n) is 9.36. The Morgan fingerprint density at radius 1 is 0.893 bits per heavy atom. The molecule has 0 heterocycles. The summed E-state index contributed by atoms with van der Waals surface area (Å²) in [7, 11) is 0. The highest BCUT2D eigenvalue weighted by Gasteiger charge is 2.66. The van der Waals surface area contributed by atoms with Gasteiger partial charge in [0.1, 0.15) is 11.7 Å². The standard InChI is InChI=1S/C24H36O4/c1-3-20(25)27-19-13-15-12-18(19)22-16-10-14(21(15)22)11-17(16)23(26)28-24(4-2)8-6-5-7-9-24/h14-19,21-22H,3-13H2,1-2H3. The van der Waals surface area contributed by atoms with E-state index in [1.165, 1.54) is 32.1 Å². The van der Waals surface area contributed by atoms with Crippen molar-refractivity contribution in [1.29, 1.82) is 0 Å². The first-order chi connectivity index (χ1) is 13.5. The summed E-state index contributed by atoms with van der Waals surface area (Å²) in [4.78, 5) is 25.1. The van der Waals surface area contributed by atoms with Crippen LogP contribution in [-0.4, -0.2) is 23.6 Å². The molecule has 0 aromatic heterocycles. The van der Waals surface area contributed by atoms with Crippen molar-refractivity contribution in [3.8, 4) is 0 Å². The minimum Gasteiger partial charge on any atom is -0.462 e. The lowest BCUT2D eigenvalue weighted by molar-refractivity contribution is -0.174. The number of hydrogen-bond donors (Lipinski definition) is 0. The highest BCUT2D eigenvalue weighted by atomic mass is 16.6. The average molecular weight is 389 g/mol. The summed E-state index contributed by atoms with van der Waals surface area (Å²) in [6, 6.07) is 0. The zero-order chi connectivity index (χ0) is 19.5. The van der Waals surface area contributed by atoms with Crippen molar-refractivity contribution < 1.29 is 19.1 Å². The minimum atomic E-state index is -0.190. The maximum absolute atomic E-state index is 13.3. The number of hydrogen-bond acceptors (Lipinski definition) is 4. The second-order valence-corrected chi connectivity index (χ2v) is 10.5. The molecule has 0 saturated heterocycles. The van der Waals surface area contributed by atoms with Crippen LogP contribution in [0.2, 0.25) is 0 Å². The Labute approximate surface area is 169 Å². The summed E-state index contributed by atoms with van der Waals surface area (Å²) in [5.41, 5.74) is -0.190. The predicted molar refractivity (Wildman–Crippen MR) is 105 cm³/mol. The SMILES string of the molecule is CCC(=O)OC1CC2CC1C1C3CC(CC3C(=O)OC3(CC)CCCCC3)C21. The van der Waals surface area contributed by atoms with Crippen molar-refractivity contribution in [2.24, 2.45) is 41.4 Å². The van der Waals surface area contributed by atoms with Crippen molar-refractivity contribution in [1.82, 2.24) is 0 Å². The number of ether oxygens (including phenoxy) is 2. The van der Waals surface area contributed by atoms with Gasteiger partial charge in [-0.3, -0.25) is 9.59 Å². The summed E-state index contributed by atoms with van der Waals surface area (Å²) < 4.78 is 12.1. The van der Waals surface area contributed by atoms with Gasteiger partial charge in [-0.25, -0.2) is 0 Å². The Hall–Kier alpha value is -1.06. The van der Waals surface area contributed by atoms with E-state index in [2.05, 4.69) is 6.92 Å². The molecule has 4 nitrogen and oxygen atoms in total. The van der Waals surface area contributed by atoms with Crippen LogP contribution in [0.1, 0.15) is 84.5 Å². The Morgan fingerprint density at radius 3 is 2.32 bits per heavy atom. The minimum absolute atomic E-state index is 0.0598. The van der Waals surface area contributed by atoms with Crippen LogP contribution < -0.4 is 0 Å². The zero-order valence-corrected chi connectivity index (χ0v) is 17.5. The molecule has 4 heteroatoms. The second-order valence-electron chi connectivity index (χ2n) is 10.5. The first-order valence-electron chi connectivity index (χ1n) is 12.0. The van der Waals surface area contributed by atoms with E-state index in [4.69, 9.17) is 9.47 Å². The van der Waals surface area contributed by atoms with Crippen LogP contribution in [0.3, 0.4) is 0 Å². The fourth-order valence-corrected chi connectivity index (χ4v) is 8.21. The largest absolute Gasteiger partial charge is 0.462 e. The topological polar surface area (TPSA) is 52.6 Å². The molecule has 5 rings (SSSR count). The third-order valence-corrected chi connectivity index (χ3v) is 9.36. The van der Waals surface area contributed by atoms with Gasteiger partial charge in [0, 0.05) is 6.42 Å². The highest BCUT2D eigenvalue weighted by molar-refractivity contribution is 5.74. The van der Waals surface area contributed by atoms with Crippen LogP contribution in [0.4, 0.5) is 0 Å². The van der Waals surface area contributed by atoms with Crippen molar-refractivity contribution in [3.05, 3.63) is 0 Å². The van der Waals surface area contributed by atoms with E-state index in [0.717, 1.165) is 43.9 Å². The van der Waals surface area contributed by atoms with Gasteiger partial charge >= 0.3 is 11.9 Å². The van der Waals surface area contributed by atoms with E-state index < -0.39 is 0 Å². The van der Waals surface area contributed by atoms with Crippen LogP contribution >= 0.6 is 0 Å². The Kier molecular flexibility index (Phi) is 4.75. The monoisotopic (exact) mass is 388 g/mol. The van der Waals surface area contributed by atoms with Gasteiger partial charge in [-0.1, -0.05) is 20.3 Å². The molecule has 156 valence electrons. The molecule has 0 aromatic rings. The number of esters is 2. The fourth-order valence-electron chi connectivity index (χ4n) is 8.21. The molecule has 0 aromatic carbocycles. The smallest absolute Gasteiger partial charge is 0.309 e. The van der Waals surface area contributed by atoms with Crippen molar-refractivity contribution in [3.63, 3.8) is 0 Å². The van der Waals surface area contributed by atoms with Crippen molar-refractivity contribution in [2.45, 2.75) is 96.2 Å². The van der Waals surface area contributed by atoms with Gasteiger partial charge in [-0.15, -0.1) is 0 Å². The third kappa shape index (κ3) is 2.84. The lowest BCUT2D eigenvalue weighted by Gasteiger charge is -2.42. The summed E-state index contributed by atoms with van der Waals surface area (Å²) in [5, 5.41) is 0. The van der Waals surface area contributed by atoms with Crippen molar-refractivity contribution >= 4 is 11.9 Å². The van der Waals surface area contributed by atoms with Crippen LogP contribution in [0.15, 0.2) is 0 Å². The number of carbonyl (C=O) groups excluding carboxylic acids is 2. The molecular weight excluding hydrogens is 352 g/mol. The quantitative estimate of drug-likeness (QED) is 0.497. The van der Waals surface area contributed by atoms with Gasteiger partial charge in [-0.05, 0) is 93.3 Å². The Morgan fingerprint density at radius 2 is 1.61 bits per heavy atom. The molecule has 5 aliphatic carbocycles. The maximum Gasteiger partial charge on any atom is 0.309 e. The lowest BCUT2D eigenvalue weighted by atomic mass is 9.66. The molecule has 5 fully saturated rings.